The zero-order valence-corrected chi connectivity index (χ0v) is 9.26. The molecule has 1 aliphatic heterocycles. The van der Waals surface area contributed by atoms with Crippen LogP contribution in [0.1, 0.15) is 18.4 Å². The molecule has 82 valence electrons. The standard InChI is InChI=1S/C11H14O3S/c12-10(13)11(2-4-14-5-3-11)7-9-1-6-15-8-9/h1,6,8H,2-5,7H2,(H,12,13). The zero-order valence-electron chi connectivity index (χ0n) is 8.44. The molecule has 15 heavy (non-hydrogen) atoms. The Morgan fingerprint density at radius 3 is 2.80 bits per heavy atom. The summed E-state index contributed by atoms with van der Waals surface area (Å²) in [5, 5.41) is 13.4. The SMILES string of the molecule is O=C(O)C1(Cc2ccsc2)CCOCC1. The van der Waals surface area contributed by atoms with E-state index in [1.165, 1.54) is 0 Å². The fourth-order valence-electron chi connectivity index (χ4n) is 2.01. The van der Waals surface area contributed by atoms with Gasteiger partial charge in [0.15, 0.2) is 0 Å². The van der Waals surface area contributed by atoms with E-state index >= 15 is 0 Å². The molecule has 4 heteroatoms. The Kier molecular flexibility index (Phi) is 3.07. The Labute approximate surface area is 92.7 Å². The molecular formula is C11H14O3S. The second-order valence-electron chi connectivity index (χ2n) is 4.01. The molecule has 1 saturated heterocycles. The quantitative estimate of drug-likeness (QED) is 0.859. The van der Waals surface area contributed by atoms with Crippen LogP contribution in [0.5, 0.6) is 0 Å². The van der Waals surface area contributed by atoms with Crippen LogP contribution < -0.4 is 0 Å². The van der Waals surface area contributed by atoms with Gasteiger partial charge in [-0.1, -0.05) is 0 Å². The number of carbonyl (C=O) groups is 1. The number of rotatable bonds is 3. The summed E-state index contributed by atoms with van der Waals surface area (Å²) in [6, 6.07) is 2.00. The highest BCUT2D eigenvalue weighted by Gasteiger charge is 2.40. The summed E-state index contributed by atoms with van der Waals surface area (Å²) < 4.78 is 5.23. The molecule has 1 aromatic heterocycles. The van der Waals surface area contributed by atoms with Crippen LogP contribution in [0.3, 0.4) is 0 Å². The molecule has 1 aromatic rings. The summed E-state index contributed by atoms with van der Waals surface area (Å²) in [6.07, 6.45) is 1.88. The van der Waals surface area contributed by atoms with Gasteiger partial charge < -0.3 is 9.84 Å². The van der Waals surface area contributed by atoms with E-state index < -0.39 is 11.4 Å². The van der Waals surface area contributed by atoms with Crippen LogP contribution >= 0.6 is 11.3 Å². The van der Waals surface area contributed by atoms with Crippen molar-refractivity contribution in [3.05, 3.63) is 22.4 Å². The highest BCUT2D eigenvalue weighted by atomic mass is 32.1. The lowest BCUT2D eigenvalue weighted by molar-refractivity contribution is -0.154. The van der Waals surface area contributed by atoms with Crippen LogP contribution in [0.15, 0.2) is 16.8 Å². The molecule has 2 rings (SSSR count). The first kappa shape index (κ1) is 10.6. The summed E-state index contributed by atoms with van der Waals surface area (Å²) in [6.45, 7) is 1.13. The van der Waals surface area contributed by atoms with Crippen molar-refractivity contribution in [2.75, 3.05) is 13.2 Å². The van der Waals surface area contributed by atoms with E-state index in [9.17, 15) is 9.90 Å². The third kappa shape index (κ3) is 2.21. The van der Waals surface area contributed by atoms with Gasteiger partial charge in [-0.25, -0.2) is 0 Å². The van der Waals surface area contributed by atoms with Crippen LogP contribution in [0, 0.1) is 5.41 Å². The van der Waals surface area contributed by atoms with Gasteiger partial charge >= 0.3 is 5.97 Å². The Morgan fingerprint density at radius 2 is 2.27 bits per heavy atom. The largest absolute Gasteiger partial charge is 0.481 e. The van der Waals surface area contributed by atoms with E-state index in [0.717, 1.165) is 5.56 Å². The van der Waals surface area contributed by atoms with Gasteiger partial charge in [0.25, 0.3) is 0 Å². The van der Waals surface area contributed by atoms with Crippen molar-refractivity contribution in [3.8, 4) is 0 Å². The summed E-state index contributed by atoms with van der Waals surface area (Å²) in [5.74, 6) is -0.683. The average molecular weight is 226 g/mol. The van der Waals surface area contributed by atoms with Crippen molar-refractivity contribution in [3.63, 3.8) is 0 Å². The number of thiophene rings is 1. The van der Waals surface area contributed by atoms with Crippen LogP contribution in [0.4, 0.5) is 0 Å². The summed E-state index contributed by atoms with van der Waals surface area (Å²) in [4.78, 5) is 11.4. The highest BCUT2D eigenvalue weighted by Crippen LogP contribution is 2.35. The first-order chi connectivity index (χ1) is 7.23. The summed E-state index contributed by atoms with van der Waals surface area (Å²) in [5.41, 5.74) is 0.531. The molecule has 0 saturated carbocycles. The predicted octanol–water partition coefficient (Wildman–Crippen LogP) is 2.17. The van der Waals surface area contributed by atoms with Gasteiger partial charge in [0.2, 0.25) is 0 Å². The Morgan fingerprint density at radius 1 is 1.53 bits per heavy atom. The molecule has 0 bridgehead atoms. The molecule has 0 spiro atoms. The second-order valence-corrected chi connectivity index (χ2v) is 4.79. The lowest BCUT2D eigenvalue weighted by atomic mass is 9.76. The number of ether oxygens (including phenoxy) is 1. The van der Waals surface area contributed by atoms with E-state index in [0.29, 0.717) is 32.5 Å². The van der Waals surface area contributed by atoms with Crippen molar-refractivity contribution in [2.24, 2.45) is 5.41 Å². The fraction of sp³-hybridized carbons (Fsp3) is 0.545. The van der Waals surface area contributed by atoms with Gasteiger partial charge in [-0.3, -0.25) is 4.79 Å². The minimum atomic E-state index is -0.683. The van der Waals surface area contributed by atoms with Crippen molar-refractivity contribution in [1.29, 1.82) is 0 Å². The van der Waals surface area contributed by atoms with Gasteiger partial charge in [-0.15, -0.1) is 0 Å². The number of carboxylic acids is 1. The molecule has 0 radical (unpaired) electrons. The maximum absolute atomic E-state index is 11.4. The third-order valence-electron chi connectivity index (χ3n) is 3.03. The molecule has 1 N–H and O–H groups in total. The van der Waals surface area contributed by atoms with E-state index in [1.54, 1.807) is 11.3 Å². The summed E-state index contributed by atoms with van der Waals surface area (Å²) in [7, 11) is 0. The van der Waals surface area contributed by atoms with Gasteiger partial charge in [0.05, 0.1) is 5.41 Å². The van der Waals surface area contributed by atoms with Gasteiger partial charge in [-0.2, -0.15) is 11.3 Å². The Hall–Kier alpha value is -0.870. The topological polar surface area (TPSA) is 46.5 Å². The van der Waals surface area contributed by atoms with Crippen molar-refractivity contribution in [1.82, 2.24) is 0 Å². The number of aliphatic carboxylic acids is 1. The van der Waals surface area contributed by atoms with Crippen molar-refractivity contribution < 1.29 is 14.6 Å². The minimum Gasteiger partial charge on any atom is -0.481 e. The minimum absolute atomic E-state index is 0.566. The maximum Gasteiger partial charge on any atom is 0.310 e. The molecule has 1 aliphatic rings. The number of carboxylic acid groups (broad SMARTS) is 1. The maximum atomic E-state index is 11.4. The smallest absolute Gasteiger partial charge is 0.310 e. The van der Waals surface area contributed by atoms with Crippen LogP contribution in [-0.4, -0.2) is 24.3 Å². The Balaban J connectivity index is 2.15. The van der Waals surface area contributed by atoms with Gasteiger partial charge in [-0.05, 0) is 41.7 Å². The third-order valence-corrected chi connectivity index (χ3v) is 3.76. The average Bonchev–Trinajstić information content (AvgIpc) is 2.71. The first-order valence-electron chi connectivity index (χ1n) is 5.05. The van der Waals surface area contributed by atoms with E-state index in [4.69, 9.17) is 4.74 Å². The van der Waals surface area contributed by atoms with Gasteiger partial charge in [0.1, 0.15) is 0 Å². The van der Waals surface area contributed by atoms with Crippen LogP contribution in [0.25, 0.3) is 0 Å². The fourth-order valence-corrected chi connectivity index (χ4v) is 2.68. The molecule has 0 unspecified atom stereocenters. The van der Waals surface area contributed by atoms with Crippen LogP contribution in [0.2, 0.25) is 0 Å². The first-order valence-corrected chi connectivity index (χ1v) is 5.99. The molecule has 0 atom stereocenters. The van der Waals surface area contributed by atoms with Crippen LogP contribution in [-0.2, 0) is 16.0 Å². The molecule has 0 aromatic carbocycles. The van der Waals surface area contributed by atoms with E-state index in [2.05, 4.69) is 0 Å². The monoisotopic (exact) mass is 226 g/mol. The normalized spacial score (nSPS) is 20.0. The molecule has 2 heterocycles. The molecule has 1 fully saturated rings. The highest BCUT2D eigenvalue weighted by molar-refractivity contribution is 7.07. The second kappa shape index (κ2) is 4.33. The van der Waals surface area contributed by atoms with Gasteiger partial charge in [0, 0.05) is 13.2 Å². The summed E-state index contributed by atoms with van der Waals surface area (Å²) >= 11 is 1.61. The molecular weight excluding hydrogens is 212 g/mol. The van der Waals surface area contributed by atoms with E-state index in [-0.39, 0.29) is 0 Å². The number of hydrogen-bond donors (Lipinski definition) is 1. The van der Waals surface area contributed by atoms with Crippen molar-refractivity contribution >= 4 is 17.3 Å². The zero-order chi connectivity index (χ0) is 10.7. The lowest BCUT2D eigenvalue weighted by Crippen LogP contribution is -2.39. The molecule has 0 aliphatic carbocycles. The predicted molar refractivity (Wildman–Crippen MR) is 58.1 cm³/mol. The molecule has 3 nitrogen and oxygen atoms in total. The Bertz CT molecular complexity index is 326. The van der Waals surface area contributed by atoms with E-state index in [1.807, 2.05) is 16.8 Å². The lowest BCUT2D eigenvalue weighted by Gasteiger charge is -2.32. The molecule has 0 amide bonds. The van der Waals surface area contributed by atoms with Crippen molar-refractivity contribution in [2.45, 2.75) is 19.3 Å². The number of hydrogen-bond acceptors (Lipinski definition) is 3.